The predicted molar refractivity (Wildman–Crippen MR) is 82.2 cm³/mol. The lowest BCUT2D eigenvalue weighted by atomic mass is 10.2. The molecule has 0 bridgehead atoms. The van der Waals surface area contributed by atoms with Crippen LogP contribution in [0.5, 0.6) is 0 Å². The molecule has 2 aliphatic rings. The van der Waals surface area contributed by atoms with Gasteiger partial charge < -0.3 is 24.3 Å². The predicted octanol–water partition coefficient (Wildman–Crippen LogP) is 2.32. The summed E-state index contributed by atoms with van der Waals surface area (Å²) in [5, 5.41) is 3.35. The summed E-state index contributed by atoms with van der Waals surface area (Å²) >= 11 is 5.17. The van der Waals surface area contributed by atoms with Crippen LogP contribution in [0.1, 0.15) is 13.8 Å². The quantitative estimate of drug-likeness (QED) is 0.865. The molecule has 3 rings (SSSR count). The van der Waals surface area contributed by atoms with Crippen LogP contribution in [-0.4, -0.2) is 42.5 Å². The van der Waals surface area contributed by atoms with Crippen molar-refractivity contribution in [2.45, 2.75) is 37.9 Å². The first-order valence-electron chi connectivity index (χ1n) is 6.99. The van der Waals surface area contributed by atoms with Crippen LogP contribution in [0.4, 0.5) is 5.69 Å². The molecule has 3 unspecified atom stereocenters. The van der Waals surface area contributed by atoms with Gasteiger partial charge in [-0.2, -0.15) is 0 Å². The fraction of sp³-hybridized carbons (Fsp3) is 0.533. The molecule has 114 valence electrons. The SMILES string of the molecule is CC1(C)OC2COC(COC(=S)Nc3ccccc3)C2O1. The van der Waals surface area contributed by atoms with E-state index in [0.29, 0.717) is 18.4 Å². The molecule has 3 atom stereocenters. The molecule has 5 nitrogen and oxygen atoms in total. The van der Waals surface area contributed by atoms with Gasteiger partial charge in [-0.15, -0.1) is 0 Å². The highest BCUT2D eigenvalue weighted by atomic mass is 32.1. The van der Waals surface area contributed by atoms with Gasteiger partial charge in [-0.25, -0.2) is 0 Å². The van der Waals surface area contributed by atoms with Gasteiger partial charge >= 0.3 is 0 Å². The van der Waals surface area contributed by atoms with Crippen molar-refractivity contribution in [3.05, 3.63) is 30.3 Å². The summed E-state index contributed by atoms with van der Waals surface area (Å²) in [6, 6.07) is 9.66. The Bertz CT molecular complexity index is 508. The monoisotopic (exact) mass is 309 g/mol. The van der Waals surface area contributed by atoms with E-state index < -0.39 is 5.79 Å². The van der Waals surface area contributed by atoms with Gasteiger partial charge in [-0.1, -0.05) is 18.2 Å². The largest absolute Gasteiger partial charge is 0.468 e. The minimum Gasteiger partial charge on any atom is -0.468 e. The summed E-state index contributed by atoms with van der Waals surface area (Å²) in [6.45, 7) is 4.69. The molecule has 0 aromatic heterocycles. The second-order valence-electron chi connectivity index (χ2n) is 5.60. The summed E-state index contributed by atoms with van der Waals surface area (Å²) in [4.78, 5) is 0. The van der Waals surface area contributed by atoms with Crippen molar-refractivity contribution in [3.8, 4) is 0 Å². The third-order valence-electron chi connectivity index (χ3n) is 3.46. The van der Waals surface area contributed by atoms with Crippen LogP contribution in [-0.2, 0) is 18.9 Å². The van der Waals surface area contributed by atoms with Crippen molar-refractivity contribution >= 4 is 23.1 Å². The highest BCUT2D eigenvalue weighted by Gasteiger charge is 2.50. The number of hydrogen-bond donors (Lipinski definition) is 1. The molecule has 21 heavy (non-hydrogen) atoms. The molecule has 0 amide bonds. The van der Waals surface area contributed by atoms with Crippen LogP contribution in [0, 0.1) is 0 Å². The Morgan fingerprint density at radius 2 is 2.10 bits per heavy atom. The maximum Gasteiger partial charge on any atom is 0.261 e. The van der Waals surface area contributed by atoms with Gasteiger partial charge in [0.2, 0.25) is 0 Å². The fourth-order valence-electron chi connectivity index (χ4n) is 2.60. The zero-order valence-electron chi connectivity index (χ0n) is 12.1. The third-order valence-corrected chi connectivity index (χ3v) is 3.68. The Balaban J connectivity index is 1.48. The van der Waals surface area contributed by atoms with E-state index in [1.807, 2.05) is 44.2 Å². The molecule has 6 heteroatoms. The van der Waals surface area contributed by atoms with Crippen LogP contribution in [0.3, 0.4) is 0 Å². The fourth-order valence-corrected chi connectivity index (χ4v) is 2.78. The molecule has 2 aliphatic heterocycles. The van der Waals surface area contributed by atoms with E-state index in [4.69, 9.17) is 31.2 Å². The van der Waals surface area contributed by atoms with Gasteiger partial charge in [-0.05, 0) is 38.2 Å². The van der Waals surface area contributed by atoms with E-state index in [0.717, 1.165) is 5.69 Å². The maximum atomic E-state index is 5.84. The highest BCUT2D eigenvalue weighted by Crippen LogP contribution is 2.35. The van der Waals surface area contributed by atoms with E-state index in [2.05, 4.69) is 5.32 Å². The van der Waals surface area contributed by atoms with Crippen LogP contribution in [0.15, 0.2) is 30.3 Å². The highest BCUT2D eigenvalue weighted by molar-refractivity contribution is 7.80. The first-order chi connectivity index (χ1) is 10.0. The summed E-state index contributed by atoms with van der Waals surface area (Å²) < 4.78 is 22.8. The van der Waals surface area contributed by atoms with Gasteiger partial charge in [-0.3, -0.25) is 0 Å². The first-order valence-corrected chi connectivity index (χ1v) is 7.40. The van der Waals surface area contributed by atoms with Crippen LogP contribution in [0.2, 0.25) is 0 Å². The molecule has 2 heterocycles. The summed E-state index contributed by atoms with van der Waals surface area (Å²) in [7, 11) is 0. The normalized spacial score (nSPS) is 29.9. The second kappa shape index (κ2) is 5.88. The Hall–Kier alpha value is -1.21. The number of anilines is 1. The van der Waals surface area contributed by atoms with Gasteiger partial charge in [0.1, 0.15) is 24.9 Å². The number of para-hydroxylation sites is 1. The van der Waals surface area contributed by atoms with Crippen LogP contribution >= 0.6 is 12.2 Å². The zero-order chi connectivity index (χ0) is 14.9. The molecule has 2 fully saturated rings. The number of benzene rings is 1. The minimum absolute atomic E-state index is 0.0238. The third kappa shape index (κ3) is 3.52. The molecule has 0 saturated carbocycles. The molecular formula is C15H19NO4S. The van der Waals surface area contributed by atoms with Crippen molar-refractivity contribution in [2.75, 3.05) is 18.5 Å². The molecule has 1 aromatic carbocycles. The number of thiocarbonyl (C=S) groups is 1. The number of ether oxygens (including phenoxy) is 4. The second-order valence-corrected chi connectivity index (χ2v) is 5.97. The van der Waals surface area contributed by atoms with E-state index >= 15 is 0 Å². The van der Waals surface area contributed by atoms with E-state index in [9.17, 15) is 0 Å². The van der Waals surface area contributed by atoms with Gasteiger partial charge in [0, 0.05) is 5.69 Å². The number of fused-ring (bicyclic) bond motifs is 1. The molecule has 1 N–H and O–H groups in total. The lowest BCUT2D eigenvalue weighted by molar-refractivity contribution is -0.177. The topological polar surface area (TPSA) is 49.0 Å². The summed E-state index contributed by atoms with van der Waals surface area (Å²) in [6.07, 6.45) is -0.281. The van der Waals surface area contributed by atoms with E-state index in [-0.39, 0.29) is 18.3 Å². The van der Waals surface area contributed by atoms with Gasteiger partial charge in [0.15, 0.2) is 5.79 Å². The van der Waals surface area contributed by atoms with Crippen molar-refractivity contribution in [2.24, 2.45) is 0 Å². The number of nitrogens with one attached hydrogen (secondary N) is 1. The first kappa shape index (κ1) is 14.7. The average molecular weight is 309 g/mol. The molecular weight excluding hydrogens is 290 g/mol. The van der Waals surface area contributed by atoms with Crippen LogP contribution < -0.4 is 5.32 Å². The van der Waals surface area contributed by atoms with Crippen molar-refractivity contribution < 1.29 is 18.9 Å². The maximum absolute atomic E-state index is 5.84. The van der Waals surface area contributed by atoms with Crippen molar-refractivity contribution in [1.29, 1.82) is 0 Å². The molecule has 0 aliphatic carbocycles. The Labute approximate surface area is 129 Å². The Morgan fingerprint density at radius 1 is 1.33 bits per heavy atom. The Morgan fingerprint density at radius 3 is 2.86 bits per heavy atom. The van der Waals surface area contributed by atoms with Crippen molar-refractivity contribution in [3.63, 3.8) is 0 Å². The summed E-state index contributed by atoms with van der Waals surface area (Å²) in [5.41, 5.74) is 0.897. The number of rotatable bonds is 3. The lowest BCUT2D eigenvalue weighted by Gasteiger charge is -2.22. The zero-order valence-corrected chi connectivity index (χ0v) is 12.9. The van der Waals surface area contributed by atoms with Gasteiger partial charge in [0.25, 0.3) is 5.17 Å². The van der Waals surface area contributed by atoms with E-state index in [1.165, 1.54) is 0 Å². The Kier molecular flexibility index (Phi) is 4.12. The molecule has 0 spiro atoms. The standard InChI is InChI=1S/C15H19NO4S/c1-15(2)19-12-9-17-11(13(12)20-15)8-18-14(21)16-10-6-4-3-5-7-10/h3-7,11-13H,8-9H2,1-2H3,(H,16,21). The van der Waals surface area contributed by atoms with E-state index in [1.54, 1.807) is 0 Å². The molecule has 0 radical (unpaired) electrons. The number of hydrogen-bond acceptors (Lipinski definition) is 5. The van der Waals surface area contributed by atoms with Gasteiger partial charge in [0.05, 0.1) is 6.61 Å². The van der Waals surface area contributed by atoms with Crippen LogP contribution in [0.25, 0.3) is 0 Å². The summed E-state index contributed by atoms with van der Waals surface area (Å²) in [5.74, 6) is -0.555. The smallest absolute Gasteiger partial charge is 0.261 e. The minimum atomic E-state index is -0.555. The molecule has 1 aromatic rings. The lowest BCUT2D eigenvalue weighted by Crippen LogP contribution is -2.34. The average Bonchev–Trinajstić information content (AvgIpc) is 2.93. The molecule has 2 saturated heterocycles. The van der Waals surface area contributed by atoms with Crippen molar-refractivity contribution in [1.82, 2.24) is 0 Å².